The van der Waals surface area contributed by atoms with Crippen LogP contribution in [0.4, 0.5) is 8.78 Å². The first-order valence-corrected chi connectivity index (χ1v) is 9.34. The number of rotatable bonds is 4. The van der Waals surface area contributed by atoms with Gasteiger partial charge in [-0.15, -0.1) is 0 Å². The van der Waals surface area contributed by atoms with Crippen molar-refractivity contribution in [2.45, 2.75) is 25.2 Å². The number of benzene rings is 2. The lowest BCUT2D eigenvalue weighted by Crippen LogP contribution is -2.28. The van der Waals surface area contributed by atoms with E-state index in [1.54, 1.807) is 24.3 Å². The van der Waals surface area contributed by atoms with Gasteiger partial charge in [0, 0.05) is 36.5 Å². The SMILES string of the molecule is O=C(CCc1cc2ccc(F)cc2c(=O)[nH]1)N1CCC(c2ccc(F)cc2)C1. The quantitative estimate of drug-likeness (QED) is 0.747. The number of nitrogens with zero attached hydrogens (tertiary/aromatic N) is 1. The molecule has 1 saturated heterocycles. The number of H-pyrrole nitrogens is 1. The Morgan fingerprint density at radius 3 is 2.61 bits per heavy atom. The number of aromatic amines is 1. The number of aromatic nitrogens is 1. The van der Waals surface area contributed by atoms with Crippen LogP contribution >= 0.6 is 0 Å². The molecule has 0 radical (unpaired) electrons. The molecular weight excluding hydrogens is 362 g/mol. The fourth-order valence-electron chi connectivity index (χ4n) is 3.82. The molecule has 4 nitrogen and oxygen atoms in total. The molecule has 0 saturated carbocycles. The molecule has 144 valence electrons. The molecule has 1 unspecified atom stereocenters. The van der Waals surface area contributed by atoms with E-state index in [-0.39, 0.29) is 23.2 Å². The molecule has 1 atom stereocenters. The predicted molar refractivity (Wildman–Crippen MR) is 103 cm³/mol. The minimum absolute atomic E-state index is 0.0321. The minimum Gasteiger partial charge on any atom is -0.342 e. The molecule has 2 heterocycles. The van der Waals surface area contributed by atoms with Gasteiger partial charge in [0.25, 0.3) is 5.56 Å². The van der Waals surface area contributed by atoms with Crippen molar-refractivity contribution in [3.63, 3.8) is 0 Å². The molecule has 1 fully saturated rings. The highest BCUT2D eigenvalue weighted by molar-refractivity contribution is 5.82. The van der Waals surface area contributed by atoms with E-state index >= 15 is 0 Å². The molecule has 3 aromatic rings. The summed E-state index contributed by atoms with van der Waals surface area (Å²) in [6.07, 6.45) is 1.56. The number of pyridine rings is 1. The van der Waals surface area contributed by atoms with Gasteiger partial charge >= 0.3 is 0 Å². The number of carbonyl (C=O) groups is 1. The van der Waals surface area contributed by atoms with Gasteiger partial charge in [0.05, 0.1) is 0 Å². The summed E-state index contributed by atoms with van der Waals surface area (Å²) in [5.74, 6) is -0.461. The Hall–Kier alpha value is -3.02. The molecule has 0 bridgehead atoms. The van der Waals surface area contributed by atoms with Crippen LogP contribution in [0.3, 0.4) is 0 Å². The van der Waals surface area contributed by atoms with E-state index in [0.717, 1.165) is 12.0 Å². The Kier molecular flexibility index (Phi) is 4.94. The third-order valence-electron chi connectivity index (χ3n) is 5.35. The number of amides is 1. The lowest BCUT2D eigenvalue weighted by atomic mass is 9.99. The number of aryl methyl sites for hydroxylation is 1. The lowest BCUT2D eigenvalue weighted by molar-refractivity contribution is -0.130. The van der Waals surface area contributed by atoms with E-state index in [4.69, 9.17) is 0 Å². The number of fused-ring (bicyclic) bond motifs is 1. The number of hydrogen-bond donors (Lipinski definition) is 1. The average Bonchev–Trinajstić information content (AvgIpc) is 3.17. The Labute approximate surface area is 160 Å². The highest BCUT2D eigenvalue weighted by atomic mass is 19.1. The summed E-state index contributed by atoms with van der Waals surface area (Å²) in [6.45, 7) is 1.30. The second kappa shape index (κ2) is 7.54. The van der Waals surface area contributed by atoms with Gasteiger partial charge in [-0.3, -0.25) is 9.59 Å². The average molecular weight is 382 g/mol. The molecule has 2 aromatic carbocycles. The van der Waals surface area contributed by atoms with Crippen LogP contribution in [-0.2, 0) is 11.2 Å². The van der Waals surface area contributed by atoms with Crippen molar-refractivity contribution >= 4 is 16.7 Å². The van der Waals surface area contributed by atoms with Gasteiger partial charge in [-0.1, -0.05) is 18.2 Å². The van der Waals surface area contributed by atoms with Crippen molar-refractivity contribution in [3.05, 3.63) is 81.8 Å². The van der Waals surface area contributed by atoms with Crippen molar-refractivity contribution in [1.82, 2.24) is 9.88 Å². The van der Waals surface area contributed by atoms with E-state index in [2.05, 4.69) is 4.98 Å². The first-order valence-electron chi connectivity index (χ1n) is 9.34. The van der Waals surface area contributed by atoms with Crippen LogP contribution in [0.1, 0.15) is 30.0 Å². The molecule has 6 heteroatoms. The maximum absolute atomic E-state index is 13.3. The van der Waals surface area contributed by atoms with E-state index in [1.807, 2.05) is 4.90 Å². The molecule has 1 aromatic heterocycles. The smallest absolute Gasteiger partial charge is 0.256 e. The Bertz CT molecular complexity index is 1080. The lowest BCUT2D eigenvalue weighted by Gasteiger charge is -2.17. The van der Waals surface area contributed by atoms with Crippen LogP contribution in [0, 0.1) is 11.6 Å². The fourth-order valence-corrected chi connectivity index (χ4v) is 3.82. The molecule has 0 aliphatic carbocycles. The van der Waals surface area contributed by atoms with Crippen LogP contribution in [0.2, 0.25) is 0 Å². The maximum atomic E-state index is 13.3. The van der Waals surface area contributed by atoms with Gasteiger partial charge in [-0.2, -0.15) is 0 Å². The van der Waals surface area contributed by atoms with Crippen LogP contribution < -0.4 is 5.56 Å². The van der Waals surface area contributed by atoms with Gasteiger partial charge in [0.1, 0.15) is 11.6 Å². The molecule has 28 heavy (non-hydrogen) atoms. The van der Waals surface area contributed by atoms with Gasteiger partial charge in [0.2, 0.25) is 5.91 Å². The van der Waals surface area contributed by atoms with Crippen molar-refractivity contribution in [2.24, 2.45) is 0 Å². The summed E-state index contributed by atoms with van der Waals surface area (Å²) in [5.41, 5.74) is 1.35. The van der Waals surface area contributed by atoms with Crippen LogP contribution in [0.15, 0.2) is 53.3 Å². The zero-order chi connectivity index (χ0) is 19.7. The highest BCUT2D eigenvalue weighted by Gasteiger charge is 2.27. The maximum Gasteiger partial charge on any atom is 0.256 e. The molecule has 4 rings (SSSR count). The molecule has 1 amide bonds. The van der Waals surface area contributed by atoms with Crippen molar-refractivity contribution in [1.29, 1.82) is 0 Å². The summed E-state index contributed by atoms with van der Waals surface area (Å²) in [4.78, 5) is 29.3. The Morgan fingerprint density at radius 1 is 1.07 bits per heavy atom. The number of halogens is 2. The number of likely N-dealkylation sites (tertiary alicyclic amines) is 1. The minimum atomic E-state index is -0.453. The number of carbonyl (C=O) groups excluding carboxylic acids is 1. The first kappa shape index (κ1) is 18.3. The predicted octanol–water partition coefficient (Wildman–Crippen LogP) is 3.76. The van der Waals surface area contributed by atoms with E-state index in [9.17, 15) is 18.4 Å². The van der Waals surface area contributed by atoms with Crippen LogP contribution in [-0.4, -0.2) is 28.9 Å². The summed E-state index contributed by atoms with van der Waals surface area (Å²) in [6, 6.07) is 12.3. The summed E-state index contributed by atoms with van der Waals surface area (Å²) in [7, 11) is 0. The summed E-state index contributed by atoms with van der Waals surface area (Å²) < 4.78 is 26.4. The largest absolute Gasteiger partial charge is 0.342 e. The third-order valence-corrected chi connectivity index (χ3v) is 5.35. The van der Waals surface area contributed by atoms with Gasteiger partial charge in [-0.05, 0) is 54.1 Å². The molecular formula is C22H20F2N2O2. The van der Waals surface area contributed by atoms with Crippen molar-refractivity contribution in [2.75, 3.05) is 13.1 Å². The van der Waals surface area contributed by atoms with E-state index < -0.39 is 5.82 Å². The van der Waals surface area contributed by atoms with Gasteiger partial charge in [0.15, 0.2) is 0 Å². The van der Waals surface area contributed by atoms with E-state index in [1.165, 1.54) is 24.3 Å². The summed E-state index contributed by atoms with van der Waals surface area (Å²) >= 11 is 0. The second-order valence-electron chi connectivity index (χ2n) is 7.23. The zero-order valence-corrected chi connectivity index (χ0v) is 15.3. The normalized spacial score (nSPS) is 16.6. The van der Waals surface area contributed by atoms with Crippen LogP contribution in [0.5, 0.6) is 0 Å². The Balaban J connectivity index is 1.39. The number of nitrogens with one attached hydrogen (secondary N) is 1. The van der Waals surface area contributed by atoms with Gasteiger partial charge < -0.3 is 9.88 Å². The fraction of sp³-hybridized carbons (Fsp3) is 0.273. The molecule has 1 N–H and O–H groups in total. The molecule has 1 aliphatic heterocycles. The van der Waals surface area contributed by atoms with Crippen molar-refractivity contribution in [3.8, 4) is 0 Å². The standard InChI is InChI=1S/C22H20F2N2O2/c23-17-4-1-14(2-5-17)16-9-10-26(13-16)21(27)8-7-19-11-15-3-6-18(24)12-20(15)22(28)25-19/h1-6,11-12,16H,7-10,13H2,(H,25,28). The van der Waals surface area contributed by atoms with Gasteiger partial charge in [-0.25, -0.2) is 8.78 Å². The zero-order valence-electron chi connectivity index (χ0n) is 15.3. The molecule has 0 spiro atoms. The topological polar surface area (TPSA) is 53.2 Å². The highest BCUT2D eigenvalue weighted by Crippen LogP contribution is 2.27. The first-order chi connectivity index (χ1) is 13.5. The number of hydrogen-bond acceptors (Lipinski definition) is 2. The Morgan fingerprint density at radius 2 is 1.82 bits per heavy atom. The van der Waals surface area contributed by atoms with Crippen molar-refractivity contribution < 1.29 is 13.6 Å². The third kappa shape index (κ3) is 3.81. The van der Waals surface area contributed by atoms with Crippen LogP contribution in [0.25, 0.3) is 10.8 Å². The summed E-state index contributed by atoms with van der Waals surface area (Å²) in [5, 5.41) is 0.960. The molecule has 1 aliphatic rings. The second-order valence-corrected chi connectivity index (χ2v) is 7.23. The monoisotopic (exact) mass is 382 g/mol. The van der Waals surface area contributed by atoms with E-state index in [0.29, 0.717) is 42.4 Å².